The van der Waals surface area contributed by atoms with Gasteiger partial charge in [-0.15, -0.1) is 10.2 Å². The number of amides is 1. The van der Waals surface area contributed by atoms with E-state index < -0.39 is 0 Å². The van der Waals surface area contributed by atoms with Gasteiger partial charge in [0.15, 0.2) is 5.82 Å². The Hall–Kier alpha value is -2.24. The molecule has 1 N–H and O–H groups in total. The topological polar surface area (TPSA) is 72.2 Å². The highest BCUT2D eigenvalue weighted by molar-refractivity contribution is 5.85. The van der Waals surface area contributed by atoms with E-state index in [-0.39, 0.29) is 11.8 Å². The second-order valence-corrected chi connectivity index (χ2v) is 4.03. The summed E-state index contributed by atoms with van der Waals surface area (Å²) in [4.78, 5) is 16.0. The first-order valence-corrected chi connectivity index (χ1v) is 5.40. The van der Waals surface area contributed by atoms with Crippen LogP contribution in [0.4, 0.5) is 0 Å². The number of hydrogen-bond acceptors (Lipinski definition) is 4. The lowest BCUT2D eigenvalue weighted by molar-refractivity contribution is -0.123. The van der Waals surface area contributed by atoms with E-state index >= 15 is 0 Å². The molecule has 0 spiro atoms. The monoisotopic (exact) mass is 229 g/mol. The molecule has 0 saturated carbocycles. The zero-order valence-corrected chi connectivity index (χ0v) is 9.13. The summed E-state index contributed by atoms with van der Waals surface area (Å²) in [6, 6.07) is 1.79. The first kappa shape index (κ1) is 9.95. The summed E-state index contributed by atoms with van der Waals surface area (Å²) >= 11 is 0. The van der Waals surface area contributed by atoms with Crippen molar-refractivity contribution in [2.45, 2.75) is 18.8 Å². The van der Waals surface area contributed by atoms with E-state index in [4.69, 9.17) is 0 Å². The third-order valence-electron chi connectivity index (χ3n) is 2.88. The molecule has 1 amide bonds. The van der Waals surface area contributed by atoms with Gasteiger partial charge in [0.25, 0.3) is 5.78 Å². The third-order valence-corrected chi connectivity index (χ3v) is 2.88. The van der Waals surface area contributed by atoms with E-state index in [1.54, 1.807) is 16.7 Å². The summed E-state index contributed by atoms with van der Waals surface area (Å²) in [6.45, 7) is 3.76. The Kier molecular flexibility index (Phi) is 2.14. The van der Waals surface area contributed by atoms with Crippen molar-refractivity contribution in [3.63, 3.8) is 0 Å². The van der Waals surface area contributed by atoms with Crippen molar-refractivity contribution in [1.82, 2.24) is 24.9 Å². The largest absolute Gasteiger partial charge is 0.330 e. The third kappa shape index (κ3) is 1.57. The number of carbonyl (C=O) groups excluding carboxylic acids is 1. The Labute approximate surface area is 97.4 Å². The van der Waals surface area contributed by atoms with Crippen LogP contribution in [0.3, 0.4) is 0 Å². The molecule has 2 aromatic rings. The lowest BCUT2D eigenvalue weighted by Crippen LogP contribution is -2.34. The number of fused-ring (bicyclic) bond motifs is 1. The number of allylic oxidation sites excluding steroid dienone is 1. The fraction of sp³-hybridized carbons (Fsp3) is 0.273. The first-order valence-electron chi connectivity index (χ1n) is 5.40. The molecule has 1 fully saturated rings. The molecule has 17 heavy (non-hydrogen) atoms. The Morgan fingerprint density at radius 1 is 1.47 bits per heavy atom. The highest BCUT2D eigenvalue weighted by Crippen LogP contribution is 2.25. The number of piperidine rings is 1. The summed E-state index contributed by atoms with van der Waals surface area (Å²) in [5.74, 6) is 0.803. The molecule has 6 nitrogen and oxygen atoms in total. The molecule has 0 aromatic carbocycles. The predicted octanol–water partition coefficient (Wildman–Crippen LogP) is 0.632. The van der Waals surface area contributed by atoms with Crippen molar-refractivity contribution in [2.75, 3.05) is 0 Å². The van der Waals surface area contributed by atoms with Gasteiger partial charge in [-0.1, -0.05) is 6.58 Å². The van der Waals surface area contributed by atoms with E-state index in [0.717, 1.165) is 12.1 Å². The number of nitrogens with one attached hydrogen (secondary N) is 1. The van der Waals surface area contributed by atoms with E-state index in [0.29, 0.717) is 18.0 Å². The van der Waals surface area contributed by atoms with E-state index in [9.17, 15) is 4.79 Å². The number of rotatable bonds is 1. The van der Waals surface area contributed by atoms with Crippen LogP contribution in [-0.4, -0.2) is 25.5 Å². The average Bonchev–Trinajstić information content (AvgIpc) is 2.73. The number of hydrogen-bond donors (Lipinski definition) is 1. The van der Waals surface area contributed by atoms with Gasteiger partial charge in [0.05, 0.1) is 5.92 Å². The van der Waals surface area contributed by atoms with Gasteiger partial charge in [-0.3, -0.25) is 9.20 Å². The predicted molar refractivity (Wildman–Crippen MR) is 60.0 cm³/mol. The second kappa shape index (κ2) is 3.65. The first-order chi connectivity index (χ1) is 8.25. The highest BCUT2D eigenvalue weighted by Gasteiger charge is 2.29. The van der Waals surface area contributed by atoms with Gasteiger partial charge in [-0.25, -0.2) is 4.98 Å². The summed E-state index contributed by atoms with van der Waals surface area (Å²) in [5, 5.41) is 10.7. The van der Waals surface area contributed by atoms with Crippen LogP contribution < -0.4 is 5.32 Å². The summed E-state index contributed by atoms with van der Waals surface area (Å²) in [6.07, 6.45) is 4.94. The fourth-order valence-electron chi connectivity index (χ4n) is 2.02. The molecule has 6 heteroatoms. The van der Waals surface area contributed by atoms with Gasteiger partial charge in [0.1, 0.15) is 0 Å². The molecule has 1 atom stereocenters. The maximum absolute atomic E-state index is 11.9. The van der Waals surface area contributed by atoms with Gasteiger partial charge in [-0.2, -0.15) is 0 Å². The number of nitrogens with zero attached hydrogens (tertiary/aromatic N) is 4. The molecule has 1 saturated heterocycles. The van der Waals surface area contributed by atoms with Crippen molar-refractivity contribution in [3.05, 3.63) is 36.6 Å². The van der Waals surface area contributed by atoms with Gasteiger partial charge >= 0.3 is 0 Å². The van der Waals surface area contributed by atoms with Crippen molar-refractivity contribution < 1.29 is 4.79 Å². The van der Waals surface area contributed by atoms with E-state index in [1.165, 1.54) is 0 Å². The molecular weight excluding hydrogens is 218 g/mol. The van der Waals surface area contributed by atoms with Gasteiger partial charge in [0, 0.05) is 18.1 Å². The molecule has 3 heterocycles. The summed E-state index contributed by atoms with van der Waals surface area (Å²) in [7, 11) is 0. The molecule has 0 bridgehead atoms. The molecule has 0 radical (unpaired) electrons. The van der Waals surface area contributed by atoms with Crippen molar-refractivity contribution >= 4 is 11.7 Å². The van der Waals surface area contributed by atoms with Gasteiger partial charge < -0.3 is 5.32 Å². The van der Waals surface area contributed by atoms with Crippen LogP contribution in [-0.2, 0) is 4.79 Å². The molecular formula is C11H11N5O. The SMILES string of the molecule is C=C1CCC(c2nnc3ncccn23)C(=O)N1. The van der Waals surface area contributed by atoms with Gasteiger partial charge in [-0.05, 0) is 18.9 Å². The molecule has 2 aromatic heterocycles. The lowest BCUT2D eigenvalue weighted by Gasteiger charge is -2.21. The van der Waals surface area contributed by atoms with Crippen LogP contribution in [0.5, 0.6) is 0 Å². The van der Waals surface area contributed by atoms with Crippen LogP contribution in [0.1, 0.15) is 24.6 Å². The Balaban J connectivity index is 2.04. The Morgan fingerprint density at radius 3 is 3.18 bits per heavy atom. The van der Waals surface area contributed by atoms with Crippen molar-refractivity contribution in [2.24, 2.45) is 0 Å². The Bertz CT molecular complexity index is 603. The van der Waals surface area contributed by atoms with Crippen LogP contribution >= 0.6 is 0 Å². The standard InChI is InChI=1S/C11H11N5O/c1-7-3-4-8(10(17)13-7)9-14-15-11-12-5-2-6-16(9)11/h2,5-6,8H,1,3-4H2,(H,13,17). The second-order valence-electron chi connectivity index (χ2n) is 4.03. The van der Waals surface area contributed by atoms with Crippen molar-refractivity contribution in [1.29, 1.82) is 0 Å². The lowest BCUT2D eigenvalue weighted by atomic mass is 9.96. The molecule has 1 aliphatic rings. The van der Waals surface area contributed by atoms with E-state index in [1.807, 2.05) is 6.20 Å². The van der Waals surface area contributed by atoms with Crippen LogP contribution in [0, 0.1) is 0 Å². The quantitative estimate of drug-likeness (QED) is 0.778. The van der Waals surface area contributed by atoms with Crippen molar-refractivity contribution in [3.8, 4) is 0 Å². The van der Waals surface area contributed by atoms with Crippen LogP contribution in [0.2, 0.25) is 0 Å². The fourth-order valence-corrected chi connectivity index (χ4v) is 2.02. The Morgan fingerprint density at radius 2 is 2.35 bits per heavy atom. The maximum atomic E-state index is 11.9. The zero-order valence-electron chi connectivity index (χ0n) is 9.13. The van der Waals surface area contributed by atoms with Crippen LogP contribution in [0.15, 0.2) is 30.7 Å². The maximum Gasteiger partial charge on any atom is 0.254 e. The highest BCUT2D eigenvalue weighted by atomic mass is 16.2. The van der Waals surface area contributed by atoms with Crippen LogP contribution in [0.25, 0.3) is 5.78 Å². The summed E-state index contributed by atoms with van der Waals surface area (Å²) < 4.78 is 1.75. The van der Waals surface area contributed by atoms with Gasteiger partial charge in [0.2, 0.25) is 5.91 Å². The number of aromatic nitrogens is 4. The molecule has 86 valence electrons. The minimum atomic E-state index is -0.278. The average molecular weight is 229 g/mol. The summed E-state index contributed by atoms with van der Waals surface area (Å²) in [5.41, 5.74) is 0.762. The molecule has 3 rings (SSSR count). The molecule has 1 unspecified atom stereocenters. The molecule has 1 aliphatic heterocycles. The minimum Gasteiger partial charge on any atom is -0.330 e. The normalized spacial score (nSPS) is 20.6. The zero-order chi connectivity index (χ0) is 11.8. The van der Waals surface area contributed by atoms with E-state index in [2.05, 4.69) is 27.1 Å². The number of carbonyl (C=O) groups is 1. The smallest absolute Gasteiger partial charge is 0.254 e. The minimum absolute atomic E-state index is 0.0700. The molecule has 0 aliphatic carbocycles.